The summed E-state index contributed by atoms with van der Waals surface area (Å²) in [6.07, 6.45) is 2.67. The van der Waals surface area contributed by atoms with E-state index in [1.807, 2.05) is 31.2 Å². The van der Waals surface area contributed by atoms with Crippen LogP contribution in [0.2, 0.25) is 0 Å². The third-order valence-electron chi connectivity index (χ3n) is 4.35. The second-order valence-corrected chi connectivity index (χ2v) is 7.24. The van der Waals surface area contributed by atoms with Gasteiger partial charge < -0.3 is 10.2 Å². The normalized spacial score (nSPS) is 14.6. The predicted molar refractivity (Wildman–Crippen MR) is 96.6 cm³/mol. The number of nitrogens with zero attached hydrogens (tertiary/aromatic N) is 3. The van der Waals surface area contributed by atoms with E-state index in [1.54, 1.807) is 6.20 Å². The van der Waals surface area contributed by atoms with E-state index < -0.39 is 0 Å². The Bertz CT molecular complexity index is 934. The number of benzene rings is 1. The predicted octanol–water partition coefficient (Wildman–Crippen LogP) is 3.24. The lowest BCUT2D eigenvalue weighted by molar-refractivity contribution is 0.102. The SMILES string of the molecule is Cc1ccc2ncccc2c1NC(=O)c1nc2c(s1)CN(C)CC2. The van der Waals surface area contributed by atoms with Crippen molar-refractivity contribution in [2.75, 3.05) is 18.9 Å². The van der Waals surface area contributed by atoms with Crippen molar-refractivity contribution < 1.29 is 4.79 Å². The molecule has 0 atom stereocenters. The summed E-state index contributed by atoms with van der Waals surface area (Å²) >= 11 is 1.50. The highest BCUT2D eigenvalue weighted by atomic mass is 32.1. The highest BCUT2D eigenvalue weighted by Gasteiger charge is 2.22. The fourth-order valence-corrected chi connectivity index (χ4v) is 4.10. The second kappa shape index (κ2) is 5.96. The van der Waals surface area contributed by atoms with Gasteiger partial charge in [-0.3, -0.25) is 9.78 Å². The average molecular weight is 338 g/mol. The molecule has 0 spiro atoms. The van der Waals surface area contributed by atoms with Crippen LogP contribution in [0.15, 0.2) is 30.5 Å². The summed E-state index contributed by atoms with van der Waals surface area (Å²) in [4.78, 5) is 25.1. The van der Waals surface area contributed by atoms with E-state index in [1.165, 1.54) is 16.2 Å². The molecule has 1 aromatic carbocycles. The van der Waals surface area contributed by atoms with E-state index in [2.05, 4.69) is 27.2 Å². The van der Waals surface area contributed by atoms with E-state index in [9.17, 15) is 4.79 Å². The fraction of sp³-hybridized carbons (Fsp3) is 0.278. The Balaban J connectivity index is 1.67. The molecular formula is C18H18N4OS. The second-order valence-electron chi connectivity index (χ2n) is 6.16. The van der Waals surface area contributed by atoms with Crippen molar-refractivity contribution >= 4 is 33.8 Å². The van der Waals surface area contributed by atoms with Crippen molar-refractivity contribution in [3.8, 4) is 0 Å². The summed E-state index contributed by atoms with van der Waals surface area (Å²) < 4.78 is 0. The minimum atomic E-state index is -0.142. The molecule has 6 heteroatoms. The fourth-order valence-electron chi connectivity index (χ4n) is 3.01. The van der Waals surface area contributed by atoms with Crippen LogP contribution in [0.25, 0.3) is 10.9 Å². The Labute approximate surface area is 144 Å². The maximum absolute atomic E-state index is 12.7. The van der Waals surface area contributed by atoms with Crippen molar-refractivity contribution in [1.82, 2.24) is 14.9 Å². The van der Waals surface area contributed by atoms with E-state index in [0.717, 1.165) is 47.4 Å². The highest BCUT2D eigenvalue weighted by molar-refractivity contribution is 7.13. The molecule has 1 aliphatic rings. The molecule has 4 rings (SSSR count). The van der Waals surface area contributed by atoms with Crippen LogP contribution in [0.3, 0.4) is 0 Å². The molecule has 5 nitrogen and oxygen atoms in total. The zero-order valence-corrected chi connectivity index (χ0v) is 14.5. The molecular weight excluding hydrogens is 320 g/mol. The van der Waals surface area contributed by atoms with Crippen molar-refractivity contribution in [3.05, 3.63) is 51.6 Å². The molecule has 2 aromatic heterocycles. The Hall–Kier alpha value is -2.31. The molecule has 0 saturated heterocycles. The number of hydrogen-bond acceptors (Lipinski definition) is 5. The van der Waals surface area contributed by atoms with Crippen LogP contribution in [-0.4, -0.2) is 34.4 Å². The quantitative estimate of drug-likeness (QED) is 0.779. The molecule has 0 saturated carbocycles. The number of amides is 1. The van der Waals surface area contributed by atoms with Gasteiger partial charge in [0, 0.05) is 36.0 Å². The lowest BCUT2D eigenvalue weighted by Gasteiger charge is -2.20. The molecule has 1 N–H and O–H groups in total. The standard InChI is InChI=1S/C18H18N4OS/c1-11-5-6-13-12(4-3-8-19-13)16(11)21-17(23)18-20-14-7-9-22(2)10-15(14)24-18/h3-6,8H,7,9-10H2,1-2H3,(H,21,23). The van der Waals surface area contributed by atoms with Crippen LogP contribution < -0.4 is 5.32 Å². The van der Waals surface area contributed by atoms with Gasteiger partial charge in [0.2, 0.25) is 0 Å². The van der Waals surface area contributed by atoms with Crippen molar-refractivity contribution in [1.29, 1.82) is 0 Å². The van der Waals surface area contributed by atoms with Crippen molar-refractivity contribution in [2.45, 2.75) is 19.9 Å². The Morgan fingerprint density at radius 2 is 2.21 bits per heavy atom. The Morgan fingerprint density at radius 3 is 3.08 bits per heavy atom. The van der Waals surface area contributed by atoms with Crippen LogP contribution in [0.4, 0.5) is 5.69 Å². The first kappa shape index (κ1) is 15.2. The number of hydrogen-bond donors (Lipinski definition) is 1. The molecule has 24 heavy (non-hydrogen) atoms. The number of aromatic nitrogens is 2. The maximum atomic E-state index is 12.7. The Morgan fingerprint density at radius 1 is 1.33 bits per heavy atom. The van der Waals surface area contributed by atoms with Crippen LogP contribution in [0.5, 0.6) is 0 Å². The van der Waals surface area contributed by atoms with Crippen LogP contribution in [-0.2, 0) is 13.0 Å². The Kier molecular flexibility index (Phi) is 3.78. The number of aryl methyl sites for hydroxylation is 1. The van der Waals surface area contributed by atoms with Gasteiger partial charge in [0.15, 0.2) is 5.01 Å². The average Bonchev–Trinajstić information content (AvgIpc) is 3.00. The van der Waals surface area contributed by atoms with E-state index in [0.29, 0.717) is 5.01 Å². The monoisotopic (exact) mass is 338 g/mol. The minimum Gasteiger partial charge on any atom is -0.319 e. The molecule has 3 aromatic rings. The lowest BCUT2D eigenvalue weighted by Crippen LogP contribution is -2.25. The van der Waals surface area contributed by atoms with Crippen molar-refractivity contribution in [3.63, 3.8) is 0 Å². The molecule has 122 valence electrons. The minimum absolute atomic E-state index is 0.142. The van der Waals surface area contributed by atoms with Crippen molar-refractivity contribution in [2.24, 2.45) is 0 Å². The molecule has 1 aliphatic heterocycles. The summed E-state index contributed by atoms with van der Waals surface area (Å²) in [5, 5.41) is 4.53. The number of pyridine rings is 1. The number of anilines is 1. The van der Waals surface area contributed by atoms with Crippen LogP contribution >= 0.6 is 11.3 Å². The van der Waals surface area contributed by atoms with Gasteiger partial charge in [-0.05, 0) is 37.7 Å². The number of carbonyl (C=O) groups is 1. The molecule has 0 radical (unpaired) electrons. The largest absolute Gasteiger partial charge is 0.319 e. The van der Waals surface area contributed by atoms with Gasteiger partial charge in [0.05, 0.1) is 16.9 Å². The molecule has 3 heterocycles. The number of likely N-dealkylation sites (N-methyl/N-ethyl adjacent to an activating group) is 1. The van der Waals surface area contributed by atoms with Gasteiger partial charge in [-0.2, -0.15) is 0 Å². The van der Waals surface area contributed by atoms with Crippen LogP contribution in [0.1, 0.15) is 25.9 Å². The maximum Gasteiger partial charge on any atom is 0.284 e. The first-order chi connectivity index (χ1) is 11.6. The number of carbonyl (C=O) groups excluding carboxylic acids is 1. The molecule has 0 aliphatic carbocycles. The van der Waals surface area contributed by atoms with E-state index in [-0.39, 0.29) is 5.91 Å². The number of fused-ring (bicyclic) bond motifs is 2. The summed E-state index contributed by atoms with van der Waals surface area (Å²) in [5.74, 6) is -0.142. The first-order valence-electron chi connectivity index (χ1n) is 7.94. The first-order valence-corrected chi connectivity index (χ1v) is 8.76. The molecule has 0 bridgehead atoms. The topological polar surface area (TPSA) is 58.1 Å². The smallest absolute Gasteiger partial charge is 0.284 e. The third-order valence-corrected chi connectivity index (χ3v) is 5.43. The summed E-state index contributed by atoms with van der Waals surface area (Å²) in [6.45, 7) is 3.85. The zero-order valence-electron chi connectivity index (χ0n) is 13.7. The third kappa shape index (κ3) is 2.68. The highest BCUT2D eigenvalue weighted by Crippen LogP contribution is 2.28. The van der Waals surface area contributed by atoms with Crippen LogP contribution in [0, 0.1) is 6.92 Å². The summed E-state index contributed by atoms with van der Waals surface area (Å²) in [5.41, 5.74) is 3.78. The summed E-state index contributed by atoms with van der Waals surface area (Å²) in [7, 11) is 2.09. The van der Waals surface area contributed by atoms with Gasteiger partial charge in [-0.25, -0.2) is 4.98 Å². The number of rotatable bonds is 2. The van der Waals surface area contributed by atoms with Gasteiger partial charge >= 0.3 is 0 Å². The van der Waals surface area contributed by atoms with E-state index in [4.69, 9.17) is 0 Å². The van der Waals surface area contributed by atoms with Gasteiger partial charge in [0.25, 0.3) is 5.91 Å². The zero-order chi connectivity index (χ0) is 16.7. The van der Waals surface area contributed by atoms with Gasteiger partial charge in [-0.1, -0.05) is 6.07 Å². The summed E-state index contributed by atoms with van der Waals surface area (Å²) in [6, 6.07) is 7.81. The molecule has 1 amide bonds. The lowest BCUT2D eigenvalue weighted by atomic mass is 10.1. The van der Waals surface area contributed by atoms with Gasteiger partial charge in [-0.15, -0.1) is 11.3 Å². The number of nitrogens with one attached hydrogen (secondary N) is 1. The van der Waals surface area contributed by atoms with E-state index >= 15 is 0 Å². The molecule has 0 fully saturated rings. The number of thiazole rings is 1. The molecule has 0 unspecified atom stereocenters. The van der Waals surface area contributed by atoms with Gasteiger partial charge in [0.1, 0.15) is 0 Å².